The summed E-state index contributed by atoms with van der Waals surface area (Å²) in [6, 6.07) is 14.8. The molecule has 1 aromatic heterocycles. The molecule has 1 amide bonds. The summed E-state index contributed by atoms with van der Waals surface area (Å²) in [4.78, 5) is 31.2. The Balaban J connectivity index is 1.42. The van der Waals surface area contributed by atoms with Crippen LogP contribution in [-0.2, 0) is 9.53 Å². The first kappa shape index (κ1) is 18.4. The normalized spacial score (nSPS) is 16.8. The van der Waals surface area contributed by atoms with Crippen LogP contribution in [-0.4, -0.2) is 37.1 Å². The number of para-hydroxylation sites is 1. The largest absolute Gasteiger partial charge is 0.465 e. The molecule has 7 heteroatoms. The van der Waals surface area contributed by atoms with Gasteiger partial charge in [0.2, 0.25) is 5.91 Å². The Kier molecular flexibility index (Phi) is 5.25. The molecule has 144 valence electrons. The maximum Gasteiger partial charge on any atom is 0.337 e. The van der Waals surface area contributed by atoms with Crippen LogP contribution >= 0.6 is 11.3 Å². The lowest BCUT2D eigenvalue weighted by molar-refractivity contribution is -0.120. The Hall–Kier alpha value is -2.93. The van der Waals surface area contributed by atoms with Crippen molar-refractivity contribution in [3.05, 3.63) is 54.1 Å². The van der Waals surface area contributed by atoms with E-state index in [9.17, 15) is 9.59 Å². The highest BCUT2D eigenvalue weighted by molar-refractivity contribution is 7.22. The highest BCUT2D eigenvalue weighted by atomic mass is 32.1. The molecule has 28 heavy (non-hydrogen) atoms. The molecule has 1 N–H and O–H groups in total. The number of carbonyl (C=O) groups is 2. The van der Waals surface area contributed by atoms with Gasteiger partial charge < -0.3 is 15.0 Å². The highest BCUT2D eigenvalue weighted by Gasteiger charge is 2.27. The lowest BCUT2D eigenvalue weighted by Crippen LogP contribution is -2.40. The van der Waals surface area contributed by atoms with Gasteiger partial charge in [-0.15, -0.1) is 0 Å². The number of carbonyl (C=O) groups excluding carboxylic acids is 2. The number of anilines is 2. The number of nitrogens with one attached hydrogen (secondary N) is 1. The van der Waals surface area contributed by atoms with E-state index in [4.69, 9.17) is 9.72 Å². The smallest absolute Gasteiger partial charge is 0.337 e. The quantitative estimate of drug-likeness (QED) is 0.678. The number of methoxy groups -OCH3 is 1. The summed E-state index contributed by atoms with van der Waals surface area (Å²) >= 11 is 1.67. The van der Waals surface area contributed by atoms with Crippen molar-refractivity contribution in [3.63, 3.8) is 0 Å². The monoisotopic (exact) mass is 395 g/mol. The van der Waals surface area contributed by atoms with Gasteiger partial charge in [-0.05, 0) is 49.2 Å². The van der Waals surface area contributed by atoms with Crippen LogP contribution in [0, 0.1) is 5.92 Å². The van der Waals surface area contributed by atoms with E-state index < -0.39 is 5.97 Å². The first-order valence-corrected chi connectivity index (χ1v) is 10.1. The highest BCUT2D eigenvalue weighted by Crippen LogP contribution is 2.31. The van der Waals surface area contributed by atoms with Crippen molar-refractivity contribution in [3.8, 4) is 0 Å². The Labute approximate surface area is 167 Å². The second-order valence-corrected chi connectivity index (χ2v) is 7.82. The Bertz CT molecular complexity index is 967. The minimum Gasteiger partial charge on any atom is -0.465 e. The summed E-state index contributed by atoms with van der Waals surface area (Å²) in [7, 11) is 1.35. The van der Waals surface area contributed by atoms with Crippen LogP contribution < -0.4 is 10.2 Å². The summed E-state index contributed by atoms with van der Waals surface area (Å²) in [5, 5.41) is 3.93. The number of rotatable bonds is 4. The molecule has 1 aliphatic heterocycles. The van der Waals surface area contributed by atoms with Crippen LogP contribution in [0.1, 0.15) is 23.2 Å². The number of piperidine rings is 1. The molecular formula is C21H21N3O3S. The zero-order valence-electron chi connectivity index (χ0n) is 15.6. The van der Waals surface area contributed by atoms with Crippen LogP contribution in [0.15, 0.2) is 48.5 Å². The van der Waals surface area contributed by atoms with Gasteiger partial charge in [-0.2, -0.15) is 0 Å². The fraction of sp³-hybridized carbons (Fsp3) is 0.286. The average Bonchev–Trinajstić information content (AvgIpc) is 3.18. The topological polar surface area (TPSA) is 71.5 Å². The average molecular weight is 395 g/mol. The number of ether oxygens (including phenoxy) is 1. The molecular weight excluding hydrogens is 374 g/mol. The number of fused-ring (bicyclic) bond motifs is 1. The summed E-state index contributed by atoms with van der Waals surface area (Å²) in [6.45, 7) is 1.57. The maximum absolute atomic E-state index is 12.7. The third-order valence-electron chi connectivity index (χ3n) is 4.92. The molecule has 1 fully saturated rings. The van der Waals surface area contributed by atoms with Gasteiger partial charge in [-0.3, -0.25) is 4.79 Å². The van der Waals surface area contributed by atoms with E-state index in [1.165, 1.54) is 7.11 Å². The molecule has 0 saturated carbocycles. The molecule has 1 aliphatic rings. The number of aromatic nitrogens is 1. The second kappa shape index (κ2) is 7.98. The zero-order valence-corrected chi connectivity index (χ0v) is 16.4. The second-order valence-electron chi connectivity index (χ2n) is 6.81. The van der Waals surface area contributed by atoms with Crippen LogP contribution in [0.25, 0.3) is 10.2 Å². The standard InChI is InChI=1S/C21H21N3O3S/c1-27-20(26)14-8-10-16(11-9-14)22-19(25)15-5-4-12-24(13-15)21-23-17-6-2-3-7-18(17)28-21/h2-3,6-11,15H,4-5,12-13H2,1H3,(H,22,25). The molecule has 0 bridgehead atoms. The van der Waals surface area contributed by atoms with E-state index in [1.807, 2.05) is 18.2 Å². The lowest BCUT2D eigenvalue weighted by atomic mass is 9.97. The summed E-state index contributed by atoms with van der Waals surface area (Å²) in [6.07, 6.45) is 1.81. The van der Waals surface area contributed by atoms with Crippen molar-refractivity contribution < 1.29 is 14.3 Å². The fourth-order valence-corrected chi connectivity index (χ4v) is 4.41. The third kappa shape index (κ3) is 3.84. The van der Waals surface area contributed by atoms with Crippen LogP contribution in [0.4, 0.5) is 10.8 Å². The molecule has 0 radical (unpaired) electrons. The van der Waals surface area contributed by atoms with Crippen LogP contribution in [0.5, 0.6) is 0 Å². The van der Waals surface area contributed by atoms with Crippen LogP contribution in [0.3, 0.4) is 0 Å². The van der Waals surface area contributed by atoms with E-state index in [0.717, 1.165) is 34.7 Å². The molecule has 4 rings (SSSR count). The predicted molar refractivity (Wildman–Crippen MR) is 111 cm³/mol. The summed E-state index contributed by atoms with van der Waals surface area (Å²) in [5.74, 6) is -0.491. The minimum absolute atomic E-state index is 0.00312. The van der Waals surface area contributed by atoms with Gasteiger partial charge in [0, 0.05) is 18.8 Å². The maximum atomic E-state index is 12.7. The fourth-order valence-electron chi connectivity index (χ4n) is 3.41. The van der Waals surface area contributed by atoms with E-state index in [1.54, 1.807) is 35.6 Å². The Morgan fingerprint density at radius 2 is 1.96 bits per heavy atom. The number of benzene rings is 2. The number of esters is 1. The van der Waals surface area contributed by atoms with Gasteiger partial charge in [-0.1, -0.05) is 23.5 Å². The van der Waals surface area contributed by atoms with Crippen molar-refractivity contribution >= 4 is 44.2 Å². The van der Waals surface area contributed by atoms with Crippen molar-refractivity contribution in [2.75, 3.05) is 30.4 Å². The van der Waals surface area contributed by atoms with Crippen molar-refractivity contribution in [2.24, 2.45) is 5.92 Å². The van der Waals surface area contributed by atoms with Crippen LogP contribution in [0.2, 0.25) is 0 Å². The molecule has 2 aromatic carbocycles. The first-order valence-electron chi connectivity index (χ1n) is 9.24. The number of amides is 1. The van der Waals surface area contributed by atoms with Crippen molar-refractivity contribution in [1.82, 2.24) is 4.98 Å². The molecule has 0 aliphatic carbocycles. The third-order valence-corrected chi connectivity index (χ3v) is 6.02. The predicted octanol–water partition coefficient (Wildman–Crippen LogP) is 3.94. The molecule has 2 heterocycles. The van der Waals surface area contributed by atoms with Gasteiger partial charge >= 0.3 is 5.97 Å². The number of hydrogen-bond acceptors (Lipinski definition) is 6. The Morgan fingerprint density at radius 1 is 1.18 bits per heavy atom. The summed E-state index contributed by atoms with van der Waals surface area (Å²) in [5.41, 5.74) is 2.13. The molecule has 3 aromatic rings. The van der Waals surface area contributed by atoms with E-state index in [0.29, 0.717) is 17.8 Å². The van der Waals surface area contributed by atoms with Gasteiger partial charge in [0.05, 0.1) is 28.8 Å². The SMILES string of the molecule is COC(=O)c1ccc(NC(=O)C2CCCN(c3nc4ccccc4s3)C2)cc1. The van der Waals surface area contributed by atoms with Gasteiger partial charge in [0.15, 0.2) is 5.13 Å². The molecule has 6 nitrogen and oxygen atoms in total. The Morgan fingerprint density at radius 3 is 2.71 bits per heavy atom. The van der Waals surface area contributed by atoms with E-state index in [2.05, 4.69) is 16.3 Å². The molecule has 0 spiro atoms. The van der Waals surface area contributed by atoms with E-state index >= 15 is 0 Å². The molecule has 1 atom stereocenters. The van der Waals surface area contributed by atoms with Gasteiger partial charge in [-0.25, -0.2) is 9.78 Å². The molecule has 1 saturated heterocycles. The number of nitrogens with zero attached hydrogens (tertiary/aromatic N) is 2. The van der Waals surface area contributed by atoms with Gasteiger partial charge in [0.25, 0.3) is 0 Å². The number of thiazole rings is 1. The van der Waals surface area contributed by atoms with Gasteiger partial charge in [0.1, 0.15) is 0 Å². The number of hydrogen-bond donors (Lipinski definition) is 1. The minimum atomic E-state index is -0.392. The van der Waals surface area contributed by atoms with Crippen molar-refractivity contribution in [1.29, 1.82) is 0 Å². The summed E-state index contributed by atoms with van der Waals surface area (Å²) < 4.78 is 5.85. The van der Waals surface area contributed by atoms with Crippen molar-refractivity contribution in [2.45, 2.75) is 12.8 Å². The zero-order chi connectivity index (χ0) is 19.5. The lowest BCUT2D eigenvalue weighted by Gasteiger charge is -2.31. The van der Waals surface area contributed by atoms with E-state index in [-0.39, 0.29) is 11.8 Å². The molecule has 1 unspecified atom stereocenters. The first-order chi connectivity index (χ1) is 13.6.